The summed E-state index contributed by atoms with van der Waals surface area (Å²) < 4.78 is 0. The number of anilines is 1. The Morgan fingerprint density at radius 2 is 1.80 bits per heavy atom. The van der Waals surface area contributed by atoms with Gasteiger partial charge in [-0.15, -0.1) is 0 Å². The standard InChI is InChI=1S/C23H23N5O2/c1-16-2-5-20(14-21(16)27-23(30)26-11-10-24)22(29)28-12-8-19(9-13-28)18-6-3-17(15-25)4-7-18/h2-7,14,19H,8-9,11-13H2,1H3,(H2,26,27,30). The summed E-state index contributed by atoms with van der Waals surface area (Å²) in [5.41, 5.74) is 3.75. The lowest BCUT2D eigenvalue weighted by Gasteiger charge is -2.32. The van der Waals surface area contributed by atoms with Gasteiger partial charge in [-0.1, -0.05) is 18.2 Å². The molecule has 0 atom stereocenters. The number of hydrogen-bond donors (Lipinski definition) is 2. The second-order valence-electron chi connectivity index (χ2n) is 7.30. The second kappa shape index (κ2) is 9.58. The van der Waals surface area contributed by atoms with Crippen molar-refractivity contribution in [2.24, 2.45) is 0 Å². The van der Waals surface area contributed by atoms with Crippen LogP contribution >= 0.6 is 0 Å². The third-order valence-corrected chi connectivity index (χ3v) is 5.35. The third-order valence-electron chi connectivity index (χ3n) is 5.35. The van der Waals surface area contributed by atoms with Gasteiger partial charge < -0.3 is 15.5 Å². The number of benzene rings is 2. The number of rotatable bonds is 4. The molecule has 3 rings (SSSR count). The zero-order valence-corrected chi connectivity index (χ0v) is 16.8. The van der Waals surface area contributed by atoms with Crippen LogP contribution in [-0.2, 0) is 0 Å². The molecule has 30 heavy (non-hydrogen) atoms. The van der Waals surface area contributed by atoms with Crippen molar-refractivity contribution in [3.05, 3.63) is 64.7 Å². The highest BCUT2D eigenvalue weighted by molar-refractivity contribution is 5.97. The van der Waals surface area contributed by atoms with Crippen LogP contribution in [0.15, 0.2) is 42.5 Å². The topological polar surface area (TPSA) is 109 Å². The Labute approximate surface area is 175 Å². The van der Waals surface area contributed by atoms with Crippen molar-refractivity contribution in [1.82, 2.24) is 10.2 Å². The minimum absolute atomic E-state index is 0.0613. The zero-order chi connectivity index (χ0) is 21.5. The molecule has 0 unspecified atom stereocenters. The molecule has 0 aliphatic carbocycles. The van der Waals surface area contributed by atoms with E-state index in [1.165, 1.54) is 5.56 Å². The first-order valence-corrected chi connectivity index (χ1v) is 9.83. The van der Waals surface area contributed by atoms with Gasteiger partial charge in [0.05, 0.1) is 17.7 Å². The van der Waals surface area contributed by atoms with E-state index >= 15 is 0 Å². The lowest BCUT2D eigenvalue weighted by Crippen LogP contribution is -2.38. The van der Waals surface area contributed by atoms with Crippen LogP contribution in [0, 0.1) is 29.6 Å². The van der Waals surface area contributed by atoms with Gasteiger partial charge in [-0.05, 0) is 61.1 Å². The van der Waals surface area contributed by atoms with E-state index in [1.54, 1.807) is 18.2 Å². The van der Waals surface area contributed by atoms with Crippen LogP contribution in [0.3, 0.4) is 0 Å². The number of hydrogen-bond acceptors (Lipinski definition) is 4. The predicted octanol–water partition coefficient (Wildman–Crippen LogP) is 3.53. The molecule has 0 spiro atoms. The Balaban J connectivity index is 1.63. The van der Waals surface area contributed by atoms with Gasteiger partial charge in [0.25, 0.3) is 5.91 Å². The van der Waals surface area contributed by atoms with Gasteiger partial charge in [0.1, 0.15) is 6.54 Å². The summed E-state index contributed by atoms with van der Waals surface area (Å²) in [4.78, 5) is 26.6. The SMILES string of the molecule is Cc1ccc(C(=O)N2CCC(c3ccc(C#N)cc3)CC2)cc1NC(=O)NCC#N. The second-order valence-corrected chi connectivity index (χ2v) is 7.30. The fraction of sp³-hybridized carbons (Fsp3) is 0.304. The summed E-state index contributed by atoms with van der Waals surface area (Å²) in [6.07, 6.45) is 1.73. The molecule has 0 bridgehead atoms. The van der Waals surface area contributed by atoms with Gasteiger partial charge in [0.2, 0.25) is 0 Å². The highest BCUT2D eigenvalue weighted by Crippen LogP contribution is 2.29. The fourth-order valence-electron chi connectivity index (χ4n) is 3.60. The molecule has 7 nitrogen and oxygen atoms in total. The summed E-state index contributed by atoms with van der Waals surface area (Å²) in [5.74, 6) is 0.314. The summed E-state index contributed by atoms with van der Waals surface area (Å²) >= 11 is 0. The molecule has 1 aliphatic rings. The van der Waals surface area contributed by atoms with Gasteiger partial charge in [0.15, 0.2) is 0 Å². The van der Waals surface area contributed by atoms with Crippen LogP contribution in [0.5, 0.6) is 0 Å². The first kappa shape index (κ1) is 20.9. The van der Waals surface area contributed by atoms with E-state index in [0.717, 1.165) is 18.4 Å². The first-order valence-electron chi connectivity index (χ1n) is 9.83. The summed E-state index contributed by atoms with van der Waals surface area (Å²) in [6, 6.07) is 16.4. The number of carbonyl (C=O) groups excluding carboxylic acids is 2. The Morgan fingerprint density at radius 1 is 1.10 bits per heavy atom. The van der Waals surface area contributed by atoms with Crippen molar-refractivity contribution in [1.29, 1.82) is 10.5 Å². The lowest BCUT2D eigenvalue weighted by atomic mass is 9.89. The normalized spacial score (nSPS) is 13.8. The maximum absolute atomic E-state index is 13.0. The van der Waals surface area contributed by atoms with E-state index < -0.39 is 6.03 Å². The fourth-order valence-corrected chi connectivity index (χ4v) is 3.60. The van der Waals surface area contributed by atoms with Gasteiger partial charge in [-0.2, -0.15) is 10.5 Å². The lowest BCUT2D eigenvalue weighted by molar-refractivity contribution is 0.0713. The first-order chi connectivity index (χ1) is 14.5. The molecule has 0 saturated carbocycles. The molecule has 3 amide bonds. The third kappa shape index (κ3) is 4.95. The Kier molecular flexibility index (Phi) is 6.67. The number of amides is 3. The van der Waals surface area contributed by atoms with Crippen LogP contribution < -0.4 is 10.6 Å². The molecule has 1 heterocycles. The summed E-state index contributed by atoms with van der Waals surface area (Å²) in [6.45, 7) is 3.07. The number of nitriles is 2. The number of likely N-dealkylation sites (tertiary alicyclic amines) is 1. The van der Waals surface area contributed by atoms with Crippen molar-refractivity contribution >= 4 is 17.6 Å². The minimum atomic E-state index is -0.479. The van der Waals surface area contributed by atoms with E-state index in [-0.39, 0.29) is 12.5 Å². The van der Waals surface area contributed by atoms with Gasteiger partial charge in [-0.25, -0.2) is 4.79 Å². The molecule has 0 radical (unpaired) electrons. The van der Waals surface area contributed by atoms with Crippen molar-refractivity contribution in [2.45, 2.75) is 25.7 Å². The average molecular weight is 401 g/mol. The van der Waals surface area contributed by atoms with Gasteiger partial charge in [-0.3, -0.25) is 4.79 Å². The van der Waals surface area contributed by atoms with Crippen LogP contribution in [0.25, 0.3) is 0 Å². The van der Waals surface area contributed by atoms with Crippen LogP contribution in [-0.4, -0.2) is 36.5 Å². The van der Waals surface area contributed by atoms with Crippen LogP contribution in [0.4, 0.5) is 10.5 Å². The van der Waals surface area contributed by atoms with E-state index in [2.05, 4.69) is 16.7 Å². The maximum atomic E-state index is 13.0. The van der Waals surface area contributed by atoms with Crippen LogP contribution in [0.1, 0.15) is 45.8 Å². The molecular weight excluding hydrogens is 378 g/mol. The molecular formula is C23H23N5O2. The number of aryl methyl sites for hydroxylation is 1. The van der Waals surface area contributed by atoms with E-state index in [0.29, 0.717) is 35.8 Å². The van der Waals surface area contributed by atoms with Gasteiger partial charge in [0, 0.05) is 24.3 Å². The van der Waals surface area contributed by atoms with Crippen molar-refractivity contribution < 1.29 is 9.59 Å². The van der Waals surface area contributed by atoms with E-state index in [1.807, 2.05) is 42.2 Å². The molecule has 1 fully saturated rings. The smallest absolute Gasteiger partial charge is 0.320 e. The zero-order valence-electron chi connectivity index (χ0n) is 16.8. The highest BCUT2D eigenvalue weighted by Gasteiger charge is 2.25. The molecule has 1 aliphatic heterocycles. The number of nitrogens with zero attached hydrogens (tertiary/aromatic N) is 3. The monoisotopic (exact) mass is 401 g/mol. The Morgan fingerprint density at radius 3 is 2.43 bits per heavy atom. The average Bonchev–Trinajstić information content (AvgIpc) is 2.79. The van der Waals surface area contributed by atoms with E-state index in [4.69, 9.17) is 10.5 Å². The highest BCUT2D eigenvalue weighted by atomic mass is 16.2. The number of nitrogens with one attached hydrogen (secondary N) is 2. The summed E-state index contributed by atoms with van der Waals surface area (Å²) in [7, 11) is 0. The number of piperidine rings is 1. The van der Waals surface area contributed by atoms with Crippen molar-refractivity contribution in [3.8, 4) is 12.1 Å². The molecule has 1 saturated heterocycles. The maximum Gasteiger partial charge on any atom is 0.320 e. The molecule has 7 heteroatoms. The largest absolute Gasteiger partial charge is 0.339 e. The number of urea groups is 1. The Hall–Kier alpha value is -3.84. The Bertz CT molecular complexity index is 1010. The van der Waals surface area contributed by atoms with Gasteiger partial charge >= 0.3 is 6.03 Å². The molecule has 2 aromatic rings. The summed E-state index contributed by atoms with van der Waals surface area (Å²) in [5, 5.41) is 22.6. The molecule has 2 aromatic carbocycles. The van der Waals surface area contributed by atoms with Crippen LogP contribution in [0.2, 0.25) is 0 Å². The van der Waals surface area contributed by atoms with Crippen molar-refractivity contribution in [2.75, 3.05) is 25.0 Å². The minimum Gasteiger partial charge on any atom is -0.339 e. The molecule has 152 valence electrons. The molecule has 0 aromatic heterocycles. The van der Waals surface area contributed by atoms with Crippen molar-refractivity contribution in [3.63, 3.8) is 0 Å². The predicted molar refractivity (Wildman–Crippen MR) is 113 cm³/mol. The molecule has 2 N–H and O–H groups in total. The number of carbonyl (C=O) groups is 2. The van der Waals surface area contributed by atoms with E-state index in [9.17, 15) is 9.59 Å². The quantitative estimate of drug-likeness (QED) is 0.764.